The van der Waals surface area contributed by atoms with E-state index in [0.29, 0.717) is 11.5 Å². The first-order chi connectivity index (χ1) is 8.58. The van der Waals surface area contributed by atoms with Crippen LogP contribution in [0.1, 0.15) is 17.8 Å². The van der Waals surface area contributed by atoms with Gasteiger partial charge in [0.25, 0.3) is 0 Å². The largest absolute Gasteiger partial charge is 0.481 e. The fraction of sp³-hybridized carbons (Fsp3) is 0.400. The monoisotopic (exact) mass is 248 g/mol. The number of nitrogens with zero attached hydrogens (tertiary/aromatic N) is 6. The number of carboxylic acid groups (broad SMARTS) is 1. The van der Waals surface area contributed by atoms with E-state index in [2.05, 4.69) is 25.7 Å². The summed E-state index contributed by atoms with van der Waals surface area (Å²) >= 11 is 0. The number of aliphatic carboxylic acids is 1. The normalized spacial score (nSPS) is 10.6. The Bertz CT molecular complexity index is 579. The molecule has 0 atom stereocenters. The minimum Gasteiger partial charge on any atom is -0.481 e. The summed E-state index contributed by atoms with van der Waals surface area (Å²) in [5.74, 6) is -0.385. The zero-order valence-corrected chi connectivity index (χ0v) is 10.0. The van der Waals surface area contributed by atoms with Gasteiger partial charge >= 0.3 is 5.97 Å². The predicted octanol–water partition coefficient (Wildman–Crippen LogP) is 0.222. The van der Waals surface area contributed by atoms with E-state index >= 15 is 0 Å². The molecule has 94 valence electrons. The zero-order chi connectivity index (χ0) is 13.1. The molecule has 8 nitrogen and oxygen atoms in total. The van der Waals surface area contributed by atoms with Gasteiger partial charge in [-0.05, 0) is 30.3 Å². The van der Waals surface area contributed by atoms with Gasteiger partial charge in [-0.3, -0.25) is 4.79 Å². The van der Waals surface area contributed by atoms with Gasteiger partial charge in [0, 0.05) is 5.56 Å². The van der Waals surface area contributed by atoms with Crippen molar-refractivity contribution in [3.8, 4) is 11.4 Å². The van der Waals surface area contributed by atoms with Crippen LogP contribution in [-0.2, 0) is 11.3 Å². The Labute approximate surface area is 103 Å². The van der Waals surface area contributed by atoms with Crippen molar-refractivity contribution < 1.29 is 9.90 Å². The maximum absolute atomic E-state index is 10.6. The highest BCUT2D eigenvalue weighted by Crippen LogP contribution is 2.19. The van der Waals surface area contributed by atoms with E-state index < -0.39 is 5.97 Å². The van der Waals surface area contributed by atoms with Crippen molar-refractivity contribution in [3.63, 3.8) is 0 Å². The summed E-state index contributed by atoms with van der Waals surface area (Å²) in [6.07, 6.45) is -0.0332. The smallest absolute Gasteiger partial charge is 0.305 e. The average molecular weight is 248 g/mol. The molecule has 0 aliphatic carbocycles. The van der Waals surface area contributed by atoms with Gasteiger partial charge in [0.1, 0.15) is 0 Å². The predicted molar refractivity (Wildman–Crippen MR) is 60.6 cm³/mol. The Morgan fingerprint density at radius 1 is 1.33 bits per heavy atom. The Morgan fingerprint density at radius 2 is 2.11 bits per heavy atom. The second-order valence-corrected chi connectivity index (χ2v) is 3.85. The van der Waals surface area contributed by atoms with Crippen LogP contribution in [0.5, 0.6) is 0 Å². The van der Waals surface area contributed by atoms with Gasteiger partial charge in [0.05, 0.1) is 24.4 Å². The Balaban J connectivity index is 2.36. The van der Waals surface area contributed by atoms with E-state index in [9.17, 15) is 4.79 Å². The van der Waals surface area contributed by atoms with Crippen LogP contribution in [0.4, 0.5) is 0 Å². The lowest BCUT2D eigenvalue weighted by Gasteiger charge is -2.05. The fourth-order valence-electron chi connectivity index (χ4n) is 1.53. The summed E-state index contributed by atoms with van der Waals surface area (Å²) < 4.78 is 1.46. The van der Waals surface area contributed by atoms with Crippen molar-refractivity contribution in [1.29, 1.82) is 0 Å². The lowest BCUT2D eigenvalue weighted by Crippen LogP contribution is -2.08. The number of hydrogen-bond acceptors (Lipinski definition) is 6. The number of carboxylic acids is 1. The van der Waals surface area contributed by atoms with Crippen LogP contribution in [0.25, 0.3) is 11.4 Å². The second kappa shape index (κ2) is 4.86. The van der Waals surface area contributed by atoms with Gasteiger partial charge < -0.3 is 5.11 Å². The molecule has 2 heterocycles. The first kappa shape index (κ1) is 12.1. The lowest BCUT2D eigenvalue weighted by atomic mass is 10.2. The Kier molecular flexibility index (Phi) is 3.26. The molecule has 2 aromatic rings. The topological polar surface area (TPSA) is 107 Å². The molecule has 0 spiro atoms. The summed E-state index contributed by atoms with van der Waals surface area (Å²) in [5, 5.41) is 27.9. The second-order valence-electron chi connectivity index (χ2n) is 3.85. The van der Waals surface area contributed by atoms with Crippen LogP contribution in [0, 0.1) is 13.8 Å². The van der Waals surface area contributed by atoms with Crippen LogP contribution in [0.2, 0.25) is 0 Å². The van der Waals surface area contributed by atoms with Crippen molar-refractivity contribution in [2.24, 2.45) is 0 Å². The third-order valence-corrected chi connectivity index (χ3v) is 2.41. The highest BCUT2D eigenvalue weighted by atomic mass is 16.4. The van der Waals surface area contributed by atoms with Crippen molar-refractivity contribution in [2.45, 2.75) is 26.8 Å². The molecule has 0 saturated carbocycles. The van der Waals surface area contributed by atoms with E-state index in [-0.39, 0.29) is 13.0 Å². The van der Waals surface area contributed by atoms with Crippen LogP contribution in [0.15, 0.2) is 6.07 Å². The minimum absolute atomic E-state index is 0.0332. The standard InChI is InChI=1S/C10H12N6O2/c1-6-5-8(7(2)12-11-6)10-13-14-15-16(10)4-3-9(17)18/h5H,3-4H2,1-2H3,(H,17,18). The number of tetrazole rings is 1. The number of carbonyl (C=O) groups is 1. The number of aryl methyl sites for hydroxylation is 3. The fourth-order valence-corrected chi connectivity index (χ4v) is 1.53. The first-order valence-electron chi connectivity index (χ1n) is 5.37. The molecule has 18 heavy (non-hydrogen) atoms. The van der Waals surface area contributed by atoms with Crippen LogP contribution in [0.3, 0.4) is 0 Å². The SMILES string of the molecule is Cc1cc(-c2nnnn2CCC(=O)O)c(C)nn1. The quantitative estimate of drug-likeness (QED) is 0.824. The first-order valence-corrected chi connectivity index (χ1v) is 5.37. The van der Waals surface area contributed by atoms with Crippen molar-refractivity contribution in [1.82, 2.24) is 30.4 Å². The van der Waals surface area contributed by atoms with Crippen LogP contribution >= 0.6 is 0 Å². The van der Waals surface area contributed by atoms with Crippen molar-refractivity contribution >= 4 is 5.97 Å². The Hall–Kier alpha value is -2.38. The van der Waals surface area contributed by atoms with E-state index in [4.69, 9.17) is 5.11 Å². The van der Waals surface area contributed by atoms with Gasteiger partial charge in [0.2, 0.25) is 0 Å². The van der Waals surface area contributed by atoms with E-state index in [1.165, 1.54) is 4.68 Å². The molecule has 0 saturated heterocycles. The summed E-state index contributed by atoms with van der Waals surface area (Å²) in [4.78, 5) is 10.6. The third kappa shape index (κ3) is 2.47. The van der Waals surface area contributed by atoms with E-state index in [1.54, 1.807) is 6.92 Å². The number of hydrogen-bond donors (Lipinski definition) is 1. The molecular formula is C10H12N6O2. The van der Waals surface area contributed by atoms with Gasteiger partial charge in [-0.2, -0.15) is 10.2 Å². The van der Waals surface area contributed by atoms with Crippen molar-refractivity contribution in [2.75, 3.05) is 0 Å². The Morgan fingerprint density at radius 3 is 2.83 bits per heavy atom. The van der Waals surface area contributed by atoms with Crippen molar-refractivity contribution in [3.05, 3.63) is 17.5 Å². The molecule has 0 unspecified atom stereocenters. The number of aromatic nitrogens is 6. The van der Waals surface area contributed by atoms with Crippen LogP contribution < -0.4 is 0 Å². The summed E-state index contributed by atoms with van der Waals surface area (Å²) in [7, 11) is 0. The molecule has 2 rings (SSSR count). The summed E-state index contributed by atoms with van der Waals surface area (Å²) in [6.45, 7) is 3.85. The molecule has 0 aromatic carbocycles. The summed E-state index contributed by atoms with van der Waals surface area (Å²) in [5.41, 5.74) is 2.22. The summed E-state index contributed by atoms with van der Waals surface area (Å²) in [6, 6.07) is 1.82. The average Bonchev–Trinajstić information content (AvgIpc) is 2.77. The molecule has 8 heteroatoms. The third-order valence-electron chi connectivity index (χ3n) is 2.41. The molecule has 0 amide bonds. The maximum atomic E-state index is 10.6. The highest BCUT2D eigenvalue weighted by Gasteiger charge is 2.13. The minimum atomic E-state index is -0.891. The molecule has 0 radical (unpaired) electrons. The molecule has 0 fully saturated rings. The van der Waals surface area contributed by atoms with Gasteiger partial charge in [-0.25, -0.2) is 4.68 Å². The molecule has 0 bridgehead atoms. The lowest BCUT2D eigenvalue weighted by molar-refractivity contribution is -0.137. The maximum Gasteiger partial charge on any atom is 0.305 e. The number of rotatable bonds is 4. The zero-order valence-electron chi connectivity index (χ0n) is 10.0. The van der Waals surface area contributed by atoms with Gasteiger partial charge in [0.15, 0.2) is 5.82 Å². The molecular weight excluding hydrogens is 236 g/mol. The van der Waals surface area contributed by atoms with Crippen LogP contribution in [-0.4, -0.2) is 41.5 Å². The van der Waals surface area contributed by atoms with Gasteiger partial charge in [-0.15, -0.1) is 5.10 Å². The molecule has 0 aliphatic heterocycles. The van der Waals surface area contributed by atoms with E-state index in [0.717, 1.165) is 11.3 Å². The molecule has 0 aliphatic rings. The highest BCUT2D eigenvalue weighted by molar-refractivity contribution is 5.66. The van der Waals surface area contributed by atoms with E-state index in [1.807, 2.05) is 13.0 Å². The molecule has 2 aromatic heterocycles. The molecule has 1 N–H and O–H groups in total. The van der Waals surface area contributed by atoms with Gasteiger partial charge in [-0.1, -0.05) is 0 Å².